The Morgan fingerprint density at radius 2 is 2.16 bits per heavy atom. The lowest BCUT2D eigenvalue weighted by atomic mass is 10.2. The van der Waals surface area contributed by atoms with Gasteiger partial charge < -0.3 is 9.84 Å². The summed E-state index contributed by atoms with van der Waals surface area (Å²) in [6.45, 7) is 1.96. The summed E-state index contributed by atoms with van der Waals surface area (Å²) in [5, 5.41) is 8.92. The van der Waals surface area contributed by atoms with Gasteiger partial charge in [0.1, 0.15) is 5.82 Å². The van der Waals surface area contributed by atoms with E-state index in [-0.39, 0.29) is 22.9 Å². The summed E-state index contributed by atoms with van der Waals surface area (Å²) in [7, 11) is -2.17. The maximum Gasteiger partial charge on any atom is 0.240 e. The Labute approximate surface area is 112 Å². The molecule has 1 atom stereocenters. The van der Waals surface area contributed by atoms with E-state index in [1.807, 2.05) is 6.92 Å². The molecule has 108 valence electrons. The molecule has 1 aromatic rings. The minimum absolute atomic E-state index is 0.0255. The van der Waals surface area contributed by atoms with Crippen LogP contribution >= 0.6 is 0 Å². The Kier molecular flexibility index (Phi) is 5.86. The summed E-state index contributed by atoms with van der Waals surface area (Å²) in [5.74, 6) is -0.605. The molecule has 2 N–H and O–H groups in total. The molecule has 0 fully saturated rings. The second-order valence-electron chi connectivity index (χ2n) is 4.32. The number of hydrogen-bond acceptors (Lipinski definition) is 4. The topological polar surface area (TPSA) is 75.6 Å². The molecule has 0 heterocycles. The number of sulfonamides is 1. The van der Waals surface area contributed by atoms with E-state index in [1.165, 1.54) is 0 Å². The molecule has 19 heavy (non-hydrogen) atoms. The first kappa shape index (κ1) is 16.0. The maximum atomic E-state index is 13.2. The first-order valence-electron chi connectivity index (χ1n) is 5.78. The molecule has 0 amide bonds. The average Bonchev–Trinajstić information content (AvgIpc) is 2.37. The van der Waals surface area contributed by atoms with Crippen molar-refractivity contribution in [3.63, 3.8) is 0 Å². The third-order valence-corrected chi connectivity index (χ3v) is 3.99. The molecule has 1 unspecified atom stereocenters. The van der Waals surface area contributed by atoms with Crippen LogP contribution in [0, 0.1) is 11.7 Å². The summed E-state index contributed by atoms with van der Waals surface area (Å²) >= 11 is 0. The molecule has 0 radical (unpaired) electrons. The number of nitrogens with one attached hydrogen (secondary N) is 1. The highest BCUT2D eigenvalue weighted by molar-refractivity contribution is 7.89. The lowest BCUT2D eigenvalue weighted by Gasteiger charge is -2.12. The Hall–Kier alpha value is -1.02. The van der Waals surface area contributed by atoms with Gasteiger partial charge in [0, 0.05) is 25.8 Å². The van der Waals surface area contributed by atoms with Crippen molar-refractivity contribution >= 4 is 10.0 Å². The van der Waals surface area contributed by atoms with E-state index in [1.54, 1.807) is 7.11 Å². The van der Waals surface area contributed by atoms with Crippen LogP contribution in [-0.4, -0.2) is 33.8 Å². The van der Waals surface area contributed by atoms with Gasteiger partial charge in [-0.3, -0.25) is 0 Å². The van der Waals surface area contributed by atoms with Crippen LogP contribution in [-0.2, 0) is 21.4 Å². The minimum atomic E-state index is -3.71. The van der Waals surface area contributed by atoms with Gasteiger partial charge >= 0.3 is 0 Å². The highest BCUT2D eigenvalue weighted by Crippen LogP contribution is 2.15. The molecular formula is C12H18FNO4S. The van der Waals surface area contributed by atoms with Crippen molar-refractivity contribution in [3.05, 3.63) is 29.6 Å². The molecule has 5 nitrogen and oxygen atoms in total. The number of rotatable bonds is 7. The first-order chi connectivity index (χ1) is 8.90. The zero-order valence-electron chi connectivity index (χ0n) is 10.9. The number of halogens is 1. The fraction of sp³-hybridized carbons (Fsp3) is 0.500. The molecule has 7 heteroatoms. The average molecular weight is 291 g/mol. The van der Waals surface area contributed by atoms with Crippen LogP contribution in [0.4, 0.5) is 4.39 Å². The summed E-state index contributed by atoms with van der Waals surface area (Å²) in [4.78, 5) is -0.0671. The zero-order chi connectivity index (χ0) is 14.5. The van der Waals surface area contributed by atoms with Gasteiger partial charge in [0.15, 0.2) is 0 Å². The number of aliphatic hydroxyl groups is 1. The monoisotopic (exact) mass is 291 g/mol. The number of hydrogen-bond donors (Lipinski definition) is 2. The van der Waals surface area contributed by atoms with Crippen molar-refractivity contribution in [1.82, 2.24) is 4.72 Å². The van der Waals surface area contributed by atoms with Crippen LogP contribution in [0.15, 0.2) is 23.1 Å². The molecule has 0 bridgehead atoms. The van der Waals surface area contributed by atoms with E-state index in [4.69, 9.17) is 9.84 Å². The van der Waals surface area contributed by atoms with Crippen LogP contribution in [0.2, 0.25) is 0 Å². The van der Waals surface area contributed by atoms with Gasteiger partial charge in [0.2, 0.25) is 10.0 Å². The van der Waals surface area contributed by atoms with Crippen LogP contribution < -0.4 is 4.72 Å². The molecule has 1 aromatic carbocycles. The van der Waals surface area contributed by atoms with Crippen molar-refractivity contribution in [2.45, 2.75) is 18.4 Å². The first-order valence-corrected chi connectivity index (χ1v) is 7.27. The minimum Gasteiger partial charge on any atom is -0.392 e. The smallest absolute Gasteiger partial charge is 0.240 e. The Balaban J connectivity index is 2.83. The molecule has 0 aliphatic heterocycles. The Morgan fingerprint density at radius 3 is 2.74 bits per heavy atom. The molecule has 0 aromatic heterocycles. The highest BCUT2D eigenvalue weighted by atomic mass is 32.2. The SMILES string of the molecule is COCC(C)CNS(=O)(=O)c1ccc(F)c(CO)c1. The van der Waals surface area contributed by atoms with E-state index < -0.39 is 22.4 Å². The fourth-order valence-corrected chi connectivity index (χ4v) is 2.73. The van der Waals surface area contributed by atoms with E-state index in [2.05, 4.69) is 4.72 Å². The van der Waals surface area contributed by atoms with Crippen LogP contribution in [0.3, 0.4) is 0 Å². The quantitative estimate of drug-likeness (QED) is 0.782. The number of methoxy groups -OCH3 is 1. The third-order valence-electron chi connectivity index (χ3n) is 2.57. The summed E-state index contributed by atoms with van der Waals surface area (Å²) in [6.07, 6.45) is 0. The van der Waals surface area contributed by atoms with E-state index in [0.717, 1.165) is 18.2 Å². The number of ether oxygens (including phenoxy) is 1. The van der Waals surface area contributed by atoms with Crippen molar-refractivity contribution in [3.8, 4) is 0 Å². The Bertz CT molecular complexity index is 518. The van der Waals surface area contributed by atoms with Crippen molar-refractivity contribution in [1.29, 1.82) is 0 Å². The lowest BCUT2D eigenvalue weighted by Crippen LogP contribution is -2.30. The fourth-order valence-electron chi connectivity index (χ4n) is 1.52. The van der Waals surface area contributed by atoms with Gasteiger partial charge in [0.05, 0.1) is 11.5 Å². The van der Waals surface area contributed by atoms with E-state index in [9.17, 15) is 12.8 Å². The largest absolute Gasteiger partial charge is 0.392 e. The second kappa shape index (κ2) is 6.95. The van der Waals surface area contributed by atoms with Gasteiger partial charge in [-0.2, -0.15) is 0 Å². The van der Waals surface area contributed by atoms with Crippen LogP contribution in [0.5, 0.6) is 0 Å². The van der Waals surface area contributed by atoms with Crippen molar-refractivity contribution in [2.75, 3.05) is 20.3 Å². The van der Waals surface area contributed by atoms with Gasteiger partial charge in [-0.25, -0.2) is 17.5 Å². The summed E-state index contributed by atoms with van der Waals surface area (Å²) in [6, 6.07) is 3.31. The normalized spacial score (nSPS) is 13.5. The van der Waals surface area contributed by atoms with Gasteiger partial charge in [-0.15, -0.1) is 0 Å². The molecular weight excluding hydrogens is 273 g/mol. The standard InChI is InChI=1S/C12H18FNO4S/c1-9(8-18-2)6-14-19(16,17)11-3-4-12(13)10(5-11)7-15/h3-5,9,14-15H,6-8H2,1-2H3. The van der Waals surface area contributed by atoms with Crippen molar-refractivity contribution in [2.24, 2.45) is 5.92 Å². The molecule has 0 saturated carbocycles. The predicted molar refractivity (Wildman–Crippen MR) is 68.6 cm³/mol. The number of aliphatic hydroxyl groups excluding tert-OH is 1. The zero-order valence-corrected chi connectivity index (χ0v) is 11.7. The molecule has 0 spiro atoms. The lowest BCUT2D eigenvalue weighted by molar-refractivity contribution is 0.161. The van der Waals surface area contributed by atoms with Crippen LogP contribution in [0.1, 0.15) is 12.5 Å². The molecule has 0 aliphatic carbocycles. The Morgan fingerprint density at radius 1 is 1.47 bits per heavy atom. The summed E-state index contributed by atoms with van der Waals surface area (Å²) in [5.41, 5.74) is -0.0483. The van der Waals surface area contributed by atoms with Gasteiger partial charge in [0.25, 0.3) is 0 Å². The van der Waals surface area contributed by atoms with E-state index >= 15 is 0 Å². The highest BCUT2D eigenvalue weighted by Gasteiger charge is 2.17. The van der Waals surface area contributed by atoms with E-state index in [0.29, 0.717) is 6.61 Å². The van der Waals surface area contributed by atoms with Crippen molar-refractivity contribution < 1.29 is 22.7 Å². The molecule has 1 rings (SSSR count). The van der Waals surface area contributed by atoms with Crippen LogP contribution in [0.25, 0.3) is 0 Å². The van der Waals surface area contributed by atoms with Gasteiger partial charge in [-0.05, 0) is 24.1 Å². The molecule has 0 aliphatic rings. The third kappa shape index (κ3) is 4.54. The molecule has 0 saturated heterocycles. The van der Waals surface area contributed by atoms with Gasteiger partial charge in [-0.1, -0.05) is 6.92 Å². The second-order valence-corrected chi connectivity index (χ2v) is 6.09. The summed E-state index contributed by atoms with van der Waals surface area (Å²) < 4.78 is 44.4. The predicted octanol–water partition coefficient (Wildman–Crippen LogP) is 0.879. The number of benzene rings is 1. The maximum absolute atomic E-state index is 13.2.